The normalized spacial score (nSPS) is 15.4. The first kappa shape index (κ1) is 12.9. The van der Waals surface area contributed by atoms with Gasteiger partial charge in [0.1, 0.15) is 0 Å². The third-order valence-corrected chi connectivity index (χ3v) is 3.35. The van der Waals surface area contributed by atoms with Gasteiger partial charge in [-0.1, -0.05) is 30.5 Å². The van der Waals surface area contributed by atoms with E-state index in [1.165, 1.54) is 0 Å². The molecule has 18 heavy (non-hydrogen) atoms. The van der Waals surface area contributed by atoms with Crippen LogP contribution in [0.25, 0.3) is 0 Å². The first-order chi connectivity index (χ1) is 8.66. The highest BCUT2D eigenvalue weighted by atomic mass is 35.5. The minimum atomic E-state index is -0.358. The van der Waals surface area contributed by atoms with Gasteiger partial charge in [-0.25, -0.2) is 0 Å². The fourth-order valence-electron chi connectivity index (χ4n) is 2.11. The molecule has 1 fully saturated rings. The second-order valence-corrected chi connectivity index (χ2v) is 4.87. The van der Waals surface area contributed by atoms with Gasteiger partial charge in [0, 0.05) is 16.5 Å². The second-order valence-electron chi connectivity index (χ2n) is 4.44. The Labute approximate surface area is 111 Å². The number of carbonyl (C=O) groups excluding carboxylic acids is 2. The fourth-order valence-corrected chi connectivity index (χ4v) is 2.30. The molecule has 2 N–H and O–H groups in total. The van der Waals surface area contributed by atoms with Gasteiger partial charge in [0.2, 0.25) is 5.91 Å². The first-order valence-electron chi connectivity index (χ1n) is 6.02. The van der Waals surface area contributed by atoms with Gasteiger partial charge in [-0.3, -0.25) is 20.4 Å². The molecule has 4 nitrogen and oxygen atoms in total. The topological polar surface area (TPSA) is 58.2 Å². The van der Waals surface area contributed by atoms with Crippen LogP contribution in [0.5, 0.6) is 0 Å². The molecule has 0 saturated heterocycles. The third-order valence-electron chi connectivity index (χ3n) is 3.11. The Morgan fingerprint density at radius 3 is 2.56 bits per heavy atom. The molecule has 0 radical (unpaired) electrons. The number of amides is 2. The lowest BCUT2D eigenvalue weighted by Crippen LogP contribution is -2.44. The molecule has 1 aromatic carbocycles. The summed E-state index contributed by atoms with van der Waals surface area (Å²) in [6, 6.07) is 6.58. The minimum Gasteiger partial charge on any atom is -0.273 e. The van der Waals surface area contributed by atoms with Crippen molar-refractivity contribution >= 4 is 23.4 Å². The predicted molar refractivity (Wildman–Crippen MR) is 69.0 cm³/mol. The lowest BCUT2D eigenvalue weighted by Gasteiger charge is -2.11. The van der Waals surface area contributed by atoms with Crippen molar-refractivity contribution in [2.24, 2.45) is 5.92 Å². The Hall–Kier alpha value is -1.55. The van der Waals surface area contributed by atoms with Crippen LogP contribution in [0, 0.1) is 5.92 Å². The molecule has 1 aromatic rings. The average Bonchev–Trinajstić information content (AvgIpc) is 2.89. The van der Waals surface area contributed by atoms with Crippen LogP contribution < -0.4 is 10.9 Å². The van der Waals surface area contributed by atoms with Crippen LogP contribution in [0.3, 0.4) is 0 Å². The SMILES string of the molecule is O=C(NNC(=O)C1CCCC1)c1cccc(Cl)c1. The second kappa shape index (κ2) is 5.87. The van der Waals surface area contributed by atoms with Crippen molar-refractivity contribution in [2.75, 3.05) is 0 Å². The maximum atomic E-state index is 11.7. The molecular weight excluding hydrogens is 252 g/mol. The Morgan fingerprint density at radius 1 is 1.17 bits per heavy atom. The van der Waals surface area contributed by atoms with E-state index < -0.39 is 0 Å². The van der Waals surface area contributed by atoms with Crippen molar-refractivity contribution in [3.8, 4) is 0 Å². The summed E-state index contributed by atoms with van der Waals surface area (Å²) in [5.41, 5.74) is 5.29. The lowest BCUT2D eigenvalue weighted by atomic mass is 10.1. The lowest BCUT2D eigenvalue weighted by molar-refractivity contribution is -0.125. The van der Waals surface area contributed by atoms with Gasteiger partial charge in [-0.2, -0.15) is 0 Å². The van der Waals surface area contributed by atoms with Gasteiger partial charge in [0.05, 0.1) is 0 Å². The largest absolute Gasteiger partial charge is 0.273 e. The Balaban J connectivity index is 1.86. The summed E-state index contributed by atoms with van der Waals surface area (Å²) in [6.45, 7) is 0. The van der Waals surface area contributed by atoms with Crippen molar-refractivity contribution in [1.82, 2.24) is 10.9 Å². The molecule has 0 unspecified atom stereocenters. The van der Waals surface area contributed by atoms with Crippen molar-refractivity contribution in [1.29, 1.82) is 0 Å². The van der Waals surface area contributed by atoms with Gasteiger partial charge in [-0.05, 0) is 31.0 Å². The number of carbonyl (C=O) groups is 2. The molecule has 0 bridgehead atoms. The van der Waals surface area contributed by atoms with E-state index in [2.05, 4.69) is 10.9 Å². The van der Waals surface area contributed by atoms with Crippen molar-refractivity contribution < 1.29 is 9.59 Å². The molecule has 0 spiro atoms. The zero-order valence-corrected chi connectivity index (χ0v) is 10.7. The van der Waals surface area contributed by atoms with E-state index in [1.54, 1.807) is 24.3 Å². The zero-order chi connectivity index (χ0) is 13.0. The summed E-state index contributed by atoms with van der Waals surface area (Å²) in [6.07, 6.45) is 3.97. The summed E-state index contributed by atoms with van der Waals surface area (Å²) in [5.74, 6) is -0.434. The molecule has 0 aliphatic heterocycles. The maximum Gasteiger partial charge on any atom is 0.269 e. The van der Waals surface area contributed by atoms with Gasteiger partial charge < -0.3 is 0 Å². The van der Waals surface area contributed by atoms with E-state index in [4.69, 9.17) is 11.6 Å². The third kappa shape index (κ3) is 3.23. The van der Waals surface area contributed by atoms with Crippen LogP contribution in [-0.4, -0.2) is 11.8 Å². The molecule has 1 aliphatic carbocycles. The molecule has 0 atom stereocenters. The summed E-state index contributed by atoms with van der Waals surface area (Å²) in [4.78, 5) is 23.4. The number of benzene rings is 1. The molecule has 1 saturated carbocycles. The van der Waals surface area contributed by atoms with Crippen LogP contribution in [0.1, 0.15) is 36.0 Å². The summed E-state index contributed by atoms with van der Waals surface area (Å²) >= 11 is 5.79. The van der Waals surface area contributed by atoms with E-state index >= 15 is 0 Å². The van der Waals surface area contributed by atoms with Crippen LogP contribution in [-0.2, 0) is 4.79 Å². The number of nitrogens with one attached hydrogen (secondary N) is 2. The van der Waals surface area contributed by atoms with Crippen LogP contribution in [0.4, 0.5) is 0 Å². The molecule has 2 amide bonds. The maximum absolute atomic E-state index is 11.7. The number of hydrazine groups is 1. The van der Waals surface area contributed by atoms with Crippen LogP contribution in [0.2, 0.25) is 5.02 Å². The number of hydrogen-bond donors (Lipinski definition) is 2. The van der Waals surface area contributed by atoms with Crippen molar-refractivity contribution in [3.05, 3.63) is 34.9 Å². The molecule has 0 aromatic heterocycles. The van der Waals surface area contributed by atoms with E-state index in [1.807, 2.05) is 0 Å². The van der Waals surface area contributed by atoms with Crippen LogP contribution in [0.15, 0.2) is 24.3 Å². The Kier molecular flexibility index (Phi) is 4.20. The highest BCUT2D eigenvalue weighted by Crippen LogP contribution is 2.24. The molecule has 0 heterocycles. The number of hydrogen-bond acceptors (Lipinski definition) is 2. The molecule has 1 aliphatic rings. The Morgan fingerprint density at radius 2 is 1.89 bits per heavy atom. The minimum absolute atomic E-state index is 0.0321. The zero-order valence-electron chi connectivity index (χ0n) is 9.91. The first-order valence-corrected chi connectivity index (χ1v) is 6.40. The van der Waals surface area contributed by atoms with E-state index in [0.717, 1.165) is 25.7 Å². The van der Waals surface area contributed by atoms with E-state index in [-0.39, 0.29) is 17.7 Å². The van der Waals surface area contributed by atoms with E-state index in [9.17, 15) is 9.59 Å². The van der Waals surface area contributed by atoms with Crippen LogP contribution >= 0.6 is 11.6 Å². The van der Waals surface area contributed by atoms with Crippen molar-refractivity contribution in [3.63, 3.8) is 0 Å². The Bertz CT molecular complexity index is 456. The molecule has 5 heteroatoms. The molecular formula is C13H15ClN2O2. The van der Waals surface area contributed by atoms with Gasteiger partial charge in [0.15, 0.2) is 0 Å². The summed E-state index contributed by atoms with van der Waals surface area (Å²) in [7, 11) is 0. The predicted octanol–water partition coefficient (Wildman–Crippen LogP) is 2.29. The van der Waals surface area contributed by atoms with Gasteiger partial charge in [0.25, 0.3) is 5.91 Å². The highest BCUT2D eigenvalue weighted by molar-refractivity contribution is 6.30. The van der Waals surface area contributed by atoms with Crippen molar-refractivity contribution in [2.45, 2.75) is 25.7 Å². The van der Waals surface area contributed by atoms with Gasteiger partial charge >= 0.3 is 0 Å². The molecule has 2 rings (SSSR count). The highest BCUT2D eigenvalue weighted by Gasteiger charge is 2.22. The standard InChI is InChI=1S/C13H15ClN2O2/c14-11-7-3-6-10(8-11)13(18)16-15-12(17)9-4-1-2-5-9/h3,6-9H,1-2,4-5H2,(H,15,17)(H,16,18). The summed E-state index contributed by atoms with van der Waals surface area (Å²) in [5, 5.41) is 0.491. The fraction of sp³-hybridized carbons (Fsp3) is 0.385. The smallest absolute Gasteiger partial charge is 0.269 e. The van der Waals surface area contributed by atoms with E-state index in [0.29, 0.717) is 10.6 Å². The quantitative estimate of drug-likeness (QED) is 0.807. The number of halogens is 1. The molecule has 96 valence electrons. The summed E-state index contributed by atoms with van der Waals surface area (Å²) < 4.78 is 0. The van der Waals surface area contributed by atoms with Gasteiger partial charge in [-0.15, -0.1) is 0 Å². The monoisotopic (exact) mass is 266 g/mol. The average molecular weight is 267 g/mol. The number of rotatable bonds is 2.